The van der Waals surface area contributed by atoms with Crippen molar-refractivity contribution in [2.45, 2.75) is 38.2 Å². The number of pyridine rings is 1. The average molecular weight is 480 g/mol. The smallest absolute Gasteiger partial charge is 0.258 e. The first-order valence-electron chi connectivity index (χ1n) is 11.3. The van der Waals surface area contributed by atoms with Gasteiger partial charge in [0.15, 0.2) is 0 Å². The van der Waals surface area contributed by atoms with Crippen LogP contribution in [0.4, 0.5) is 10.3 Å². The van der Waals surface area contributed by atoms with Crippen LogP contribution in [0.5, 0.6) is 5.75 Å². The zero-order valence-corrected chi connectivity index (χ0v) is 19.4. The molecule has 2 atom stereocenters. The van der Waals surface area contributed by atoms with Crippen LogP contribution in [0.15, 0.2) is 47.7 Å². The van der Waals surface area contributed by atoms with Crippen LogP contribution in [-0.2, 0) is 0 Å². The second-order valence-electron chi connectivity index (χ2n) is 8.93. The first-order valence-corrected chi connectivity index (χ1v) is 11.7. The molecule has 3 aromatic rings. The SMILES string of the molecule is C[C@H]1CN(c2ncc(C3CC3)cn2)CC[C@H]1Oc1cc(=O)n(-c2ccc(C#N)c(F)c2)cc1Cl. The summed E-state index contributed by atoms with van der Waals surface area (Å²) in [6.07, 6.45) is 8.33. The highest BCUT2D eigenvalue weighted by atomic mass is 35.5. The Morgan fingerprint density at radius 3 is 2.62 bits per heavy atom. The summed E-state index contributed by atoms with van der Waals surface area (Å²) in [5.74, 6) is 1.11. The Labute approximate surface area is 201 Å². The molecule has 174 valence electrons. The first kappa shape index (κ1) is 22.4. The van der Waals surface area contributed by atoms with E-state index in [-0.39, 0.29) is 28.3 Å². The fraction of sp³-hybridized carbons (Fsp3) is 0.360. The van der Waals surface area contributed by atoms with Gasteiger partial charge in [0.2, 0.25) is 5.95 Å². The second-order valence-corrected chi connectivity index (χ2v) is 9.34. The molecule has 7 nitrogen and oxygen atoms in total. The standard InChI is InChI=1S/C25H23ClFN5O2/c1-15-13-31(25-29-11-18(12-30-25)16-2-3-16)7-6-22(15)34-23-9-24(33)32(14-20(23)26)19-5-4-17(10-28)21(27)8-19/h4-5,8-9,11-12,14-16,22H,2-3,6-7,13H2,1H3/t15-,22+/m0/s1. The van der Waals surface area contributed by atoms with Gasteiger partial charge < -0.3 is 9.64 Å². The third-order valence-corrected chi connectivity index (χ3v) is 6.70. The predicted octanol–water partition coefficient (Wildman–Crippen LogP) is 4.46. The van der Waals surface area contributed by atoms with Crippen molar-refractivity contribution in [2.75, 3.05) is 18.0 Å². The summed E-state index contributed by atoms with van der Waals surface area (Å²) < 4.78 is 21.4. The van der Waals surface area contributed by atoms with E-state index < -0.39 is 11.4 Å². The number of benzene rings is 1. The molecule has 9 heteroatoms. The van der Waals surface area contributed by atoms with Gasteiger partial charge in [-0.1, -0.05) is 18.5 Å². The van der Waals surface area contributed by atoms with Crippen molar-refractivity contribution in [1.82, 2.24) is 14.5 Å². The highest BCUT2D eigenvalue weighted by molar-refractivity contribution is 6.31. The Morgan fingerprint density at radius 2 is 1.97 bits per heavy atom. The maximum atomic E-state index is 14.0. The van der Waals surface area contributed by atoms with Gasteiger partial charge in [-0.05, 0) is 42.5 Å². The molecule has 0 amide bonds. The van der Waals surface area contributed by atoms with E-state index in [1.807, 2.05) is 12.4 Å². The van der Waals surface area contributed by atoms with Crippen LogP contribution in [0.1, 0.15) is 43.2 Å². The van der Waals surface area contributed by atoms with Gasteiger partial charge >= 0.3 is 0 Å². The minimum Gasteiger partial charge on any atom is -0.488 e. The Hall–Kier alpha value is -3.44. The van der Waals surface area contributed by atoms with Crippen LogP contribution in [-0.4, -0.2) is 33.7 Å². The van der Waals surface area contributed by atoms with Gasteiger partial charge in [-0.2, -0.15) is 5.26 Å². The number of hydrogen-bond acceptors (Lipinski definition) is 6. The van der Waals surface area contributed by atoms with E-state index in [4.69, 9.17) is 21.6 Å². The van der Waals surface area contributed by atoms with Crippen LogP contribution in [0.3, 0.4) is 0 Å². The molecular formula is C25H23ClFN5O2. The maximum Gasteiger partial charge on any atom is 0.258 e. The van der Waals surface area contributed by atoms with Crippen molar-refractivity contribution in [3.8, 4) is 17.5 Å². The molecule has 2 aromatic heterocycles. The van der Waals surface area contributed by atoms with E-state index in [9.17, 15) is 9.18 Å². The highest BCUT2D eigenvalue weighted by Crippen LogP contribution is 2.39. The monoisotopic (exact) mass is 479 g/mol. The lowest BCUT2D eigenvalue weighted by molar-refractivity contribution is 0.121. The largest absolute Gasteiger partial charge is 0.488 e. The molecule has 34 heavy (non-hydrogen) atoms. The number of hydrogen-bond donors (Lipinski definition) is 0. The van der Waals surface area contributed by atoms with E-state index in [0.717, 1.165) is 31.5 Å². The maximum absolute atomic E-state index is 14.0. The molecule has 5 rings (SSSR count). The van der Waals surface area contributed by atoms with E-state index in [1.54, 1.807) is 6.07 Å². The molecular weight excluding hydrogens is 457 g/mol. The van der Waals surface area contributed by atoms with Crippen molar-refractivity contribution in [1.29, 1.82) is 5.26 Å². The lowest BCUT2D eigenvalue weighted by atomic mass is 9.96. The van der Waals surface area contributed by atoms with E-state index in [0.29, 0.717) is 11.7 Å². The number of nitrogens with zero attached hydrogens (tertiary/aromatic N) is 5. The van der Waals surface area contributed by atoms with E-state index >= 15 is 0 Å². The zero-order valence-electron chi connectivity index (χ0n) is 18.6. The predicted molar refractivity (Wildman–Crippen MR) is 126 cm³/mol. The molecule has 3 heterocycles. The molecule has 0 bridgehead atoms. The van der Waals surface area contributed by atoms with Gasteiger partial charge in [0.05, 0.1) is 16.3 Å². The lowest BCUT2D eigenvalue weighted by Crippen LogP contribution is -2.45. The Bertz CT molecular complexity index is 1320. The lowest BCUT2D eigenvalue weighted by Gasteiger charge is -2.37. The number of aromatic nitrogens is 3. The number of anilines is 1. The third-order valence-electron chi connectivity index (χ3n) is 6.42. The number of rotatable bonds is 5. The van der Waals surface area contributed by atoms with Crippen molar-refractivity contribution in [2.24, 2.45) is 5.92 Å². The third kappa shape index (κ3) is 4.48. The van der Waals surface area contributed by atoms with Gasteiger partial charge in [-0.3, -0.25) is 9.36 Å². The topological polar surface area (TPSA) is 84.0 Å². The van der Waals surface area contributed by atoms with Crippen molar-refractivity contribution in [3.63, 3.8) is 0 Å². The van der Waals surface area contributed by atoms with Crippen molar-refractivity contribution >= 4 is 17.5 Å². The Balaban J connectivity index is 1.28. The molecule has 0 radical (unpaired) electrons. The summed E-state index contributed by atoms with van der Waals surface area (Å²) in [7, 11) is 0. The molecule has 1 aliphatic carbocycles. The van der Waals surface area contributed by atoms with Gasteiger partial charge in [0, 0.05) is 50.1 Å². The number of ether oxygens (including phenoxy) is 1. The normalized spacial score (nSPS) is 20.1. The summed E-state index contributed by atoms with van der Waals surface area (Å²) in [6, 6.07) is 7.04. The summed E-state index contributed by atoms with van der Waals surface area (Å²) in [4.78, 5) is 24.0. The molecule has 2 aliphatic rings. The fourth-order valence-corrected chi connectivity index (χ4v) is 4.49. The van der Waals surface area contributed by atoms with E-state index in [1.165, 1.54) is 47.4 Å². The highest BCUT2D eigenvalue weighted by Gasteiger charge is 2.30. The summed E-state index contributed by atoms with van der Waals surface area (Å²) >= 11 is 6.43. The molecule has 1 aromatic carbocycles. The molecule has 0 N–H and O–H groups in total. The zero-order chi connectivity index (χ0) is 23.8. The minimum absolute atomic E-state index is 0.0903. The van der Waals surface area contributed by atoms with Gasteiger partial charge in [0.25, 0.3) is 5.56 Å². The van der Waals surface area contributed by atoms with Crippen LogP contribution in [0.25, 0.3) is 5.69 Å². The average Bonchev–Trinajstić information content (AvgIpc) is 3.68. The van der Waals surface area contributed by atoms with E-state index in [2.05, 4.69) is 21.8 Å². The summed E-state index contributed by atoms with van der Waals surface area (Å²) in [5.41, 5.74) is 0.998. The Kier molecular flexibility index (Phi) is 5.96. The molecule has 0 unspecified atom stereocenters. The number of nitriles is 1. The van der Waals surface area contributed by atoms with Gasteiger partial charge in [-0.15, -0.1) is 0 Å². The van der Waals surface area contributed by atoms with Crippen LogP contribution >= 0.6 is 11.6 Å². The number of halogens is 2. The molecule has 0 spiro atoms. The minimum atomic E-state index is -0.699. The second kappa shape index (κ2) is 9.07. The van der Waals surface area contributed by atoms with Gasteiger partial charge in [0.1, 0.15) is 23.7 Å². The number of piperidine rings is 1. The summed E-state index contributed by atoms with van der Waals surface area (Å²) in [5, 5.41) is 9.15. The molecule has 1 aliphatic heterocycles. The molecule has 1 saturated carbocycles. The first-order chi connectivity index (χ1) is 16.4. The van der Waals surface area contributed by atoms with Crippen molar-refractivity contribution < 1.29 is 9.13 Å². The van der Waals surface area contributed by atoms with Gasteiger partial charge in [-0.25, -0.2) is 14.4 Å². The van der Waals surface area contributed by atoms with Crippen LogP contribution < -0.4 is 15.2 Å². The fourth-order valence-electron chi connectivity index (χ4n) is 4.29. The van der Waals surface area contributed by atoms with Crippen LogP contribution in [0, 0.1) is 23.1 Å². The molecule has 2 fully saturated rings. The quantitative estimate of drug-likeness (QED) is 0.537. The Morgan fingerprint density at radius 1 is 1.21 bits per heavy atom. The molecule has 1 saturated heterocycles. The van der Waals surface area contributed by atoms with Crippen LogP contribution in [0.2, 0.25) is 5.02 Å². The summed E-state index contributed by atoms with van der Waals surface area (Å²) in [6.45, 7) is 3.55. The van der Waals surface area contributed by atoms with Crippen molar-refractivity contribution in [3.05, 3.63) is 75.2 Å².